The Hall–Kier alpha value is -1.71. The van der Waals surface area contributed by atoms with Gasteiger partial charge in [0.05, 0.1) is 13.0 Å². The highest BCUT2D eigenvalue weighted by atomic mass is 16.5. The molecule has 0 unspecified atom stereocenters. The maximum Gasteiger partial charge on any atom is 0.224 e. The van der Waals surface area contributed by atoms with Crippen molar-refractivity contribution in [1.29, 1.82) is 0 Å². The Bertz CT molecular complexity index is 444. The molecule has 1 aromatic carbocycles. The molecule has 0 aliphatic carbocycles. The third-order valence-electron chi connectivity index (χ3n) is 3.99. The first kappa shape index (κ1) is 11.4. The van der Waals surface area contributed by atoms with Crippen LogP contribution in [0.15, 0.2) is 24.3 Å². The molecule has 3 aliphatic heterocycles. The zero-order valence-electron chi connectivity index (χ0n) is 10.6. The van der Waals surface area contributed by atoms with E-state index in [0.717, 1.165) is 31.7 Å². The molecule has 0 aromatic heterocycles. The van der Waals surface area contributed by atoms with Crippen LogP contribution in [0.1, 0.15) is 12.8 Å². The second-order valence-corrected chi connectivity index (χ2v) is 5.02. The van der Waals surface area contributed by atoms with E-state index in [4.69, 9.17) is 4.74 Å². The standard InChI is InChI=1S/C14H18N2O2/c1-18-13-6-4-11(5-7-13)16-9-10-2-3-12(16)8-15-14(10)17/h4-7,10,12H,2-3,8-9H2,1H3,(H,15,17)/t10-,12-/m1/s1. The minimum absolute atomic E-state index is 0.144. The van der Waals surface area contributed by atoms with Crippen LogP contribution < -0.4 is 15.0 Å². The third kappa shape index (κ3) is 1.92. The van der Waals surface area contributed by atoms with E-state index < -0.39 is 0 Å². The van der Waals surface area contributed by atoms with Gasteiger partial charge in [-0.15, -0.1) is 0 Å². The van der Waals surface area contributed by atoms with Crippen molar-refractivity contribution in [2.24, 2.45) is 5.92 Å². The van der Waals surface area contributed by atoms with Gasteiger partial charge in [-0.25, -0.2) is 0 Å². The SMILES string of the molecule is COc1ccc(N2C[C@H]3CC[C@@H]2CNC3=O)cc1. The topological polar surface area (TPSA) is 41.6 Å². The lowest BCUT2D eigenvalue weighted by Gasteiger charge is -2.37. The van der Waals surface area contributed by atoms with Crippen molar-refractivity contribution in [1.82, 2.24) is 5.32 Å². The molecule has 1 amide bonds. The fraction of sp³-hybridized carbons (Fsp3) is 0.500. The summed E-state index contributed by atoms with van der Waals surface area (Å²) in [6.07, 6.45) is 2.11. The minimum Gasteiger partial charge on any atom is -0.497 e. The summed E-state index contributed by atoms with van der Waals surface area (Å²) in [6, 6.07) is 8.53. The maximum absolute atomic E-state index is 11.8. The molecule has 18 heavy (non-hydrogen) atoms. The largest absolute Gasteiger partial charge is 0.497 e. The molecule has 0 spiro atoms. The molecular formula is C14H18N2O2. The second kappa shape index (κ2) is 4.52. The predicted octanol–water partition coefficient (Wildman–Crippen LogP) is 1.41. The molecule has 1 aromatic rings. The highest BCUT2D eigenvalue weighted by molar-refractivity contribution is 5.80. The normalized spacial score (nSPS) is 26.7. The molecule has 4 heteroatoms. The number of carbonyl (C=O) groups excluding carboxylic acids is 1. The van der Waals surface area contributed by atoms with Crippen LogP contribution in [0.3, 0.4) is 0 Å². The van der Waals surface area contributed by atoms with E-state index in [2.05, 4.69) is 22.3 Å². The Balaban J connectivity index is 1.85. The number of rotatable bonds is 2. The van der Waals surface area contributed by atoms with Crippen LogP contribution in [0.4, 0.5) is 5.69 Å². The van der Waals surface area contributed by atoms with Crippen molar-refractivity contribution < 1.29 is 9.53 Å². The minimum atomic E-state index is 0.144. The number of benzene rings is 1. The van der Waals surface area contributed by atoms with Gasteiger partial charge in [0.25, 0.3) is 0 Å². The van der Waals surface area contributed by atoms with Crippen LogP contribution in [-0.4, -0.2) is 32.1 Å². The Morgan fingerprint density at radius 1 is 1.28 bits per heavy atom. The molecule has 3 saturated heterocycles. The summed E-state index contributed by atoms with van der Waals surface area (Å²) in [5.41, 5.74) is 1.18. The number of anilines is 1. The zero-order chi connectivity index (χ0) is 12.5. The van der Waals surface area contributed by atoms with Crippen molar-refractivity contribution in [3.63, 3.8) is 0 Å². The summed E-state index contributed by atoms with van der Waals surface area (Å²) in [5, 5.41) is 3.02. The lowest BCUT2D eigenvalue weighted by Crippen LogP contribution is -2.43. The maximum atomic E-state index is 11.8. The molecule has 1 N–H and O–H groups in total. The van der Waals surface area contributed by atoms with Crippen LogP contribution in [-0.2, 0) is 4.79 Å². The van der Waals surface area contributed by atoms with Crippen LogP contribution in [0, 0.1) is 5.92 Å². The molecule has 96 valence electrons. The molecule has 2 bridgehead atoms. The summed E-state index contributed by atoms with van der Waals surface area (Å²) < 4.78 is 5.18. The quantitative estimate of drug-likeness (QED) is 0.858. The number of hydrogen-bond acceptors (Lipinski definition) is 3. The van der Waals surface area contributed by atoms with Crippen LogP contribution in [0.5, 0.6) is 5.75 Å². The van der Waals surface area contributed by atoms with Crippen LogP contribution >= 0.6 is 0 Å². The zero-order valence-corrected chi connectivity index (χ0v) is 10.6. The molecule has 4 nitrogen and oxygen atoms in total. The number of amides is 1. The van der Waals surface area contributed by atoms with Crippen LogP contribution in [0.2, 0.25) is 0 Å². The Labute approximate surface area is 107 Å². The number of ether oxygens (including phenoxy) is 1. The lowest BCUT2D eigenvalue weighted by molar-refractivity contribution is -0.124. The Morgan fingerprint density at radius 3 is 2.78 bits per heavy atom. The monoisotopic (exact) mass is 246 g/mol. The Kier molecular flexibility index (Phi) is 2.86. The van der Waals surface area contributed by atoms with E-state index in [0.29, 0.717) is 6.04 Å². The number of methoxy groups -OCH3 is 1. The van der Waals surface area contributed by atoms with E-state index >= 15 is 0 Å². The molecule has 3 fully saturated rings. The smallest absolute Gasteiger partial charge is 0.224 e. The third-order valence-corrected chi connectivity index (χ3v) is 3.99. The summed E-state index contributed by atoms with van der Waals surface area (Å²) in [6.45, 7) is 1.60. The van der Waals surface area contributed by atoms with Gasteiger partial charge in [0.2, 0.25) is 5.91 Å². The first-order chi connectivity index (χ1) is 8.78. The summed E-state index contributed by atoms with van der Waals surface area (Å²) in [4.78, 5) is 14.1. The first-order valence-electron chi connectivity index (χ1n) is 6.46. The number of nitrogens with zero attached hydrogens (tertiary/aromatic N) is 1. The van der Waals surface area contributed by atoms with E-state index in [9.17, 15) is 4.79 Å². The van der Waals surface area contributed by atoms with Crippen LogP contribution in [0.25, 0.3) is 0 Å². The van der Waals surface area contributed by atoms with Gasteiger partial charge in [-0.2, -0.15) is 0 Å². The van der Waals surface area contributed by atoms with Gasteiger partial charge < -0.3 is 15.0 Å². The first-order valence-corrected chi connectivity index (χ1v) is 6.46. The highest BCUT2D eigenvalue weighted by Crippen LogP contribution is 2.30. The second-order valence-electron chi connectivity index (χ2n) is 5.02. The fourth-order valence-corrected chi connectivity index (χ4v) is 2.91. The van der Waals surface area contributed by atoms with Gasteiger partial charge in [-0.05, 0) is 37.1 Å². The van der Waals surface area contributed by atoms with Gasteiger partial charge in [0.1, 0.15) is 5.75 Å². The van der Waals surface area contributed by atoms with E-state index in [1.54, 1.807) is 7.11 Å². The van der Waals surface area contributed by atoms with Crippen molar-refractivity contribution in [3.05, 3.63) is 24.3 Å². The van der Waals surface area contributed by atoms with Gasteiger partial charge in [0.15, 0.2) is 0 Å². The van der Waals surface area contributed by atoms with E-state index in [1.807, 2.05) is 12.1 Å². The molecular weight excluding hydrogens is 228 g/mol. The number of carbonyl (C=O) groups is 1. The molecule has 4 rings (SSSR count). The number of piperidine rings is 1. The molecule has 3 aliphatic rings. The Morgan fingerprint density at radius 2 is 2.06 bits per heavy atom. The predicted molar refractivity (Wildman–Crippen MR) is 69.9 cm³/mol. The van der Waals surface area contributed by atoms with Crippen molar-refractivity contribution in [3.8, 4) is 5.75 Å². The van der Waals surface area contributed by atoms with Crippen molar-refractivity contribution >= 4 is 11.6 Å². The van der Waals surface area contributed by atoms with Gasteiger partial charge in [-0.3, -0.25) is 4.79 Å². The van der Waals surface area contributed by atoms with Gasteiger partial charge >= 0.3 is 0 Å². The molecule has 0 saturated carbocycles. The molecule has 2 atom stereocenters. The summed E-state index contributed by atoms with van der Waals surface area (Å²) in [7, 11) is 1.67. The number of nitrogens with one attached hydrogen (secondary N) is 1. The van der Waals surface area contributed by atoms with Crippen molar-refractivity contribution in [2.75, 3.05) is 25.1 Å². The highest BCUT2D eigenvalue weighted by Gasteiger charge is 2.35. The summed E-state index contributed by atoms with van der Waals surface area (Å²) in [5.74, 6) is 1.23. The van der Waals surface area contributed by atoms with Gasteiger partial charge in [-0.1, -0.05) is 0 Å². The molecule has 0 radical (unpaired) electrons. The molecule has 3 heterocycles. The van der Waals surface area contributed by atoms with E-state index in [1.165, 1.54) is 5.69 Å². The average molecular weight is 246 g/mol. The number of fused-ring (bicyclic) bond motifs is 4. The average Bonchev–Trinajstić information content (AvgIpc) is 2.70. The van der Waals surface area contributed by atoms with E-state index in [-0.39, 0.29) is 11.8 Å². The van der Waals surface area contributed by atoms with Crippen molar-refractivity contribution in [2.45, 2.75) is 18.9 Å². The fourth-order valence-electron chi connectivity index (χ4n) is 2.91. The lowest BCUT2D eigenvalue weighted by atomic mass is 9.94. The van der Waals surface area contributed by atoms with Gasteiger partial charge in [0, 0.05) is 24.8 Å². The number of hydrogen-bond donors (Lipinski definition) is 1. The summed E-state index contributed by atoms with van der Waals surface area (Å²) >= 11 is 0.